The first-order valence-electron chi connectivity index (χ1n) is 20.2. The Morgan fingerprint density at radius 2 is 1.60 bits per heavy atom. The Labute approximate surface area is 348 Å². The van der Waals surface area contributed by atoms with Crippen molar-refractivity contribution in [2.75, 3.05) is 13.2 Å². The molecule has 6 aliphatic rings. The van der Waals surface area contributed by atoms with Crippen molar-refractivity contribution in [3.8, 4) is 17.1 Å². The van der Waals surface area contributed by atoms with E-state index in [1.54, 1.807) is 6.92 Å². The molecule has 2 N–H and O–H groups in total. The maximum atomic E-state index is 15.1. The van der Waals surface area contributed by atoms with Gasteiger partial charge in [-0.1, -0.05) is 55.8 Å². The van der Waals surface area contributed by atoms with Gasteiger partial charge in [0.05, 0.1) is 35.4 Å². The highest BCUT2D eigenvalue weighted by Crippen LogP contribution is 2.78. The number of allylic oxidation sites excluding steroid dienone is 4. The number of carbonyl (C=O) groups is 2. The van der Waals surface area contributed by atoms with Crippen LogP contribution in [0.2, 0.25) is 5.02 Å². The van der Waals surface area contributed by atoms with Crippen molar-refractivity contribution in [1.29, 1.82) is 0 Å². The third kappa shape index (κ3) is 6.66. The molecular formula is C45H46ClF6NO7. The molecular weight excluding hydrogens is 816 g/mol. The van der Waals surface area contributed by atoms with E-state index in [4.69, 9.17) is 20.8 Å². The van der Waals surface area contributed by atoms with E-state index in [-0.39, 0.29) is 65.5 Å². The molecule has 0 radical (unpaired) electrons. The molecule has 6 aliphatic carbocycles. The molecule has 2 aromatic carbocycles. The average Bonchev–Trinajstić information content (AvgIpc) is 3.77. The van der Waals surface area contributed by atoms with Crippen LogP contribution in [-0.4, -0.2) is 58.2 Å². The number of furan rings is 1. The SMILES string of the molecule is CCOC(=O)N(Cc1ccc(OC(F)(F)F)cc1)CC1(O)CCC2C34C=CC5(C=C3C(=O)c3ccc(-c6cc(C(F)(F)F)ccc6Cl)o3)CC(O)CCC5(C)C4CCC21C. The minimum Gasteiger partial charge on any atom is -0.453 e. The predicted octanol–water partition coefficient (Wildman–Crippen LogP) is 10.9. The molecule has 9 rings (SSSR count). The topological polar surface area (TPSA) is 109 Å². The van der Waals surface area contributed by atoms with Crippen LogP contribution in [0.5, 0.6) is 5.75 Å². The molecule has 60 heavy (non-hydrogen) atoms. The Morgan fingerprint density at radius 3 is 2.28 bits per heavy atom. The summed E-state index contributed by atoms with van der Waals surface area (Å²) in [5, 5.41) is 24.0. The van der Waals surface area contributed by atoms with Crippen LogP contribution in [-0.2, 0) is 17.5 Å². The highest BCUT2D eigenvalue weighted by atomic mass is 35.5. The summed E-state index contributed by atoms with van der Waals surface area (Å²) in [6.07, 6.45) is -1.09. The first-order chi connectivity index (χ1) is 28.1. The number of hydrogen-bond acceptors (Lipinski definition) is 7. The maximum Gasteiger partial charge on any atom is 0.573 e. The van der Waals surface area contributed by atoms with Gasteiger partial charge >= 0.3 is 18.6 Å². The maximum absolute atomic E-state index is 15.1. The third-order valence-electron chi connectivity index (χ3n) is 14.9. The lowest BCUT2D eigenvalue weighted by Crippen LogP contribution is -2.67. The van der Waals surface area contributed by atoms with E-state index in [1.165, 1.54) is 29.2 Å². The summed E-state index contributed by atoms with van der Waals surface area (Å²) in [6, 6.07) is 10.9. The summed E-state index contributed by atoms with van der Waals surface area (Å²) < 4.78 is 95.1. The van der Waals surface area contributed by atoms with Gasteiger partial charge in [0, 0.05) is 33.9 Å². The van der Waals surface area contributed by atoms with E-state index >= 15 is 4.79 Å². The number of rotatable bonds is 9. The zero-order valence-corrected chi connectivity index (χ0v) is 34.0. The smallest absolute Gasteiger partial charge is 0.453 e. The largest absolute Gasteiger partial charge is 0.573 e. The Kier molecular flexibility index (Phi) is 10.2. The highest BCUT2D eigenvalue weighted by molar-refractivity contribution is 6.33. The Balaban J connectivity index is 1.16. The lowest BCUT2D eigenvalue weighted by Gasteiger charge is -2.71. The number of nitrogens with zero attached hydrogens (tertiary/aromatic N) is 1. The summed E-state index contributed by atoms with van der Waals surface area (Å²) in [5.41, 5.74) is -4.39. The number of aliphatic hydroxyl groups excluding tert-OH is 1. The molecule has 8 nitrogen and oxygen atoms in total. The van der Waals surface area contributed by atoms with Crippen LogP contribution < -0.4 is 4.74 Å². The number of hydrogen-bond donors (Lipinski definition) is 2. The standard InChI is InChI=1S/C45H46ClF6NO7/c1-4-58-38(56)53(24-26-5-8-29(9-6-26)60-45(50,51)52)25-42(57)18-15-36-40(42,3)17-14-35-39(2)16-13-28(54)22-41(39)19-20-43(35,36)31(23-41)37(55)34-12-11-33(59-34)30-21-27(44(47,48)49)7-10-32(30)46/h5-12,19-21,23,28,35-36,54,57H,4,13-18,22,24-25H2,1-3H3. The molecule has 3 saturated carbocycles. The van der Waals surface area contributed by atoms with Gasteiger partial charge in [-0.15, -0.1) is 13.2 Å². The fourth-order valence-electron chi connectivity index (χ4n) is 12.0. The van der Waals surface area contributed by atoms with Gasteiger partial charge < -0.3 is 29.0 Å². The van der Waals surface area contributed by atoms with Gasteiger partial charge in [-0.05, 0) is 117 Å². The van der Waals surface area contributed by atoms with E-state index < -0.39 is 63.7 Å². The lowest BCUT2D eigenvalue weighted by molar-refractivity contribution is -0.274. The Morgan fingerprint density at radius 1 is 0.917 bits per heavy atom. The summed E-state index contributed by atoms with van der Waals surface area (Å²) in [5.74, 6) is -1.41. The van der Waals surface area contributed by atoms with Gasteiger partial charge in [0.15, 0.2) is 5.76 Å². The summed E-state index contributed by atoms with van der Waals surface area (Å²) in [6.45, 7) is 5.65. The number of ketones is 1. The number of alkyl halides is 6. The molecule has 322 valence electrons. The molecule has 2 bridgehead atoms. The van der Waals surface area contributed by atoms with Gasteiger partial charge in [-0.25, -0.2) is 4.79 Å². The van der Waals surface area contributed by atoms with E-state index in [9.17, 15) is 41.4 Å². The molecule has 8 unspecified atom stereocenters. The number of Topliss-reactive ketones (excluding diaryl/α,β-unsaturated/α-hetero) is 1. The lowest BCUT2D eigenvalue weighted by atomic mass is 9.32. The number of benzene rings is 2. The molecule has 0 saturated heterocycles. The second-order valence-corrected chi connectivity index (χ2v) is 18.1. The fourth-order valence-corrected chi connectivity index (χ4v) is 12.2. The van der Waals surface area contributed by atoms with Crippen LogP contribution in [0.25, 0.3) is 11.3 Å². The van der Waals surface area contributed by atoms with Crippen molar-refractivity contribution in [2.24, 2.45) is 33.5 Å². The summed E-state index contributed by atoms with van der Waals surface area (Å²) in [4.78, 5) is 30.0. The zero-order chi connectivity index (χ0) is 43.3. The molecule has 15 heteroatoms. The van der Waals surface area contributed by atoms with Crippen molar-refractivity contribution < 1.29 is 60.0 Å². The van der Waals surface area contributed by atoms with Crippen molar-refractivity contribution in [1.82, 2.24) is 4.90 Å². The van der Waals surface area contributed by atoms with Crippen molar-refractivity contribution >= 4 is 23.5 Å². The van der Waals surface area contributed by atoms with Crippen LogP contribution in [0.15, 0.2) is 82.8 Å². The third-order valence-corrected chi connectivity index (χ3v) is 15.2. The molecule has 1 heterocycles. The van der Waals surface area contributed by atoms with E-state index in [2.05, 4.69) is 23.8 Å². The van der Waals surface area contributed by atoms with Crippen molar-refractivity contribution in [3.05, 3.63) is 100 Å². The predicted molar refractivity (Wildman–Crippen MR) is 208 cm³/mol. The van der Waals surface area contributed by atoms with E-state index in [0.717, 1.165) is 30.3 Å². The van der Waals surface area contributed by atoms with Crippen LogP contribution in [0.4, 0.5) is 31.1 Å². The summed E-state index contributed by atoms with van der Waals surface area (Å²) in [7, 11) is 0. The molecule has 2 spiro atoms. The van der Waals surface area contributed by atoms with E-state index in [1.807, 2.05) is 13.0 Å². The van der Waals surface area contributed by atoms with Crippen LogP contribution >= 0.6 is 11.6 Å². The quantitative estimate of drug-likeness (QED) is 0.125. The normalized spacial score (nSPS) is 33.1. The zero-order valence-electron chi connectivity index (χ0n) is 33.3. The fraction of sp³-hybridized carbons (Fsp3) is 0.511. The van der Waals surface area contributed by atoms with Gasteiger partial charge in [-0.3, -0.25) is 4.79 Å². The second kappa shape index (κ2) is 14.4. The second-order valence-electron chi connectivity index (χ2n) is 17.7. The Hall–Kier alpha value is -4.27. The Bertz CT molecular complexity index is 2250. The van der Waals surface area contributed by atoms with Crippen LogP contribution in [0, 0.1) is 33.5 Å². The monoisotopic (exact) mass is 861 g/mol. The van der Waals surface area contributed by atoms with Gasteiger partial charge in [0.25, 0.3) is 0 Å². The van der Waals surface area contributed by atoms with Gasteiger partial charge in [0.1, 0.15) is 11.5 Å². The minimum absolute atomic E-state index is 0.0114. The molecule has 0 aliphatic heterocycles. The van der Waals surface area contributed by atoms with Crippen molar-refractivity contribution in [2.45, 2.75) is 96.5 Å². The van der Waals surface area contributed by atoms with Crippen LogP contribution in [0.1, 0.15) is 87.4 Å². The number of aliphatic hydroxyl groups is 2. The number of ether oxygens (including phenoxy) is 2. The number of carbonyl (C=O) groups excluding carboxylic acids is 2. The number of fused-ring (bicyclic) bond motifs is 1. The average molecular weight is 862 g/mol. The van der Waals surface area contributed by atoms with Gasteiger partial charge in [-0.2, -0.15) is 13.2 Å². The number of halogens is 7. The summed E-state index contributed by atoms with van der Waals surface area (Å²) >= 11 is 6.36. The number of amides is 1. The highest BCUT2D eigenvalue weighted by Gasteiger charge is 2.74. The molecule has 8 atom stereocenters. The first kappa shape index (κ1) is 42.4. The molecule has 1 aromatic heterocycles. The molecule has 1 amide bonds. The first-order valence-corrected chi connectivity index (χ1v) is 20.6. The molecule has 3 fully saturated rings. The van der Waals surface area contributed by atoms with Crippen LogP contribution in [0.3, 0.4) is 0 Å². The molecule has 3 aromatic rings. The minimum atomic E-state index is -4.88. The van der Waals surface area contributed by atoms with E-state index in [0.29, 0.717) is 49.7 Å². The van der Waals surface area contributed by atoms with Crippen molar-refractivity contribution in [3.63, 3.8) is 0 Å². The van der Waals surface area contributed by atoms with Gasteiger partial charge in [0.2, 0.25) is 5.78 Å².